The molecule has 4 nitrogen and oxygen atoms in total. The molecular weight excluding hydrogens is 172 g/mol. The highest BCUT2D eigenvalue weighted by Gasteiger charge is 2.25. The molecular formula is C6H9F2NO3. The van der Waals surface area contributed by atoms with Crippen LogP contribution in [0, 0.1) is 0 Å². The summed E-state index contributed by atoms with van der Waals surface area (Å²) in [5, 5.41) is 2.78. The second kappa shape index (κ2) is 4.32. The fourth-order valence-electron chi connectivity index (χ4n) is 1.03. The topological polar surface area (TPSA) is 47.6 Å². The average Bonchev–Trinajstić information content (AvgIpc) is 2.51. The minimum absolute atomic E-state index is 0.497. The van der Waals surface area contributed by atoms with E-state index in [4.69, 9.17) is 0 Å². The molecule has 0 aromatic rings. The Morgan fingerprint density at radius 3 is 2.83 bits per heavy atom. The van der Waals surface area contributed by atoms with Gasteiger partial charge in [0.25, 0.3) is 0 Å². The molecule has 1 aliphatic rings. The Morgan fingerprint density at radius 1 is 1.58 bits per heavy atom. The molecule has 0 spiro atoms. The van der Waals surface area contributed by atoms with Crippen LogP contribution in [-0.4, -0.2) is 25.2 Å². The molecule has 1 atom stereocenters. The summed E-state index contributed by atoms with van der Waals surface area (Å²) in [7, 11) is 0. The van der Waals surface area contributed by atoms with Gasteiger partial charge in [0.05, 0.1) is 0 Å². The summed E-state index contributed by atoms with van der Waals surface area (Å²) in [5.41, 5.74) is 0. The van der Waals surface area contributed by atoms with E-state index in [9.17, 15) is 13.6 Å². The molecule has 0 bridgehead atoms. The lowest BCUT2D eigenvalue weighted by atomic mass is 10.2. The number of hydrogen-bond donors (Lipinski definition) is 1. The van der Waals surface area contributed by atoms with Gasteiger partial charge in [0, 0.05) is 0 Å². The molecule has 70 valence electrons. The lowest BCUT2D eigenvalue weighted by Crippen LogP contribution is -2.32. The van der Waals surface area contributed by atoms with Crippen LogP contribution in [0.3, 0.4) is 0 Å². The number of rotatable bonds is 3. The van der Waals surface area contributed by atoms with E-state index in [-0.39, 0.29) is 0 Å². The summed E-state index contributed by atoms with van der Waals surface area (Å²) < 4.78 is 22.7. The number of hydrogen-bond acceptors (Lipinski definition) is 4. The Hall–Kier alpha value is -0.750. The van der Waals surface area contributed by atoms with Crippen LogP contribution in [-0.2, 0) is 14.6 Å². The largest absolute Gasteiger partial charge is 0.381 e. The molecule has 1 heterocycles. The van der Waals surface area contributed by atoms with Crippen LogP contribution >= 0.6 is 0 Å². The van der Waals surface area contributed by atoms with Crippen molar-refractivity contribution in [3.63, 3.8) is 0 Å². The van der Waals surface area contributed by atoms with Gasteiger partial charge in [0.2, 0.25) is 0 Å². The molecule has 0 aromatic heterocycles. The second-order valence-electron chi connectivity index (χ2n) is 2.41. The number of nitrogens with one attached hydrogen (secondary N) is 1. The second-order valence-corrected chi connectivity index (χ2v) is 2.41. The molecule has 0 aromatic carbocycles. The van der Waals surface area contributed by atoms with E-state index in [0.717, 1.165) is 6.42 Å². The predicted octanol–water partition coefficient (Wildman–Crippen LogP) is 0.436. The number of alkyl halides is 2. The van der Waals surface area contributed by atoms with E-state index in [1.165, 1.54) is 0 Å². The predicted molar refractivity (Wildman–Crippen MR) is 34.2 cm³/mol. The van der Waals surface area contributed by atoms with E-state index >= 15 is 0 Å². The Kier molecular flexibility index (Phi) is 3.36. The van der Waals surface area contributed by atoms with Crippen LogP contribution < -0.4 is 5.32 Å². The first-order valence-corrected chi connectivity index (χ1v) is 3.59. The fourth-order valence-corrected chi connectivity index (χ4v) is 1.03. The summed E-state index contributed by atoms with van der Waals surface area (Å²) in [5.74, 6) is -0.784. The van der Waals surface area contributed by atoms with Crippen molar-refractivity contribution in [2.45, 2.75) is 25.5 Å². The van der Waals surface area contributed by atoms with Gasteiger partial charge < -0.3 is 5.32 Å². The Balaban J connectivity index is 2.18. The lowest BCUT2D eigenvalue weighted by molar-refractivity contribution is -0.357. The quantitative estimate of drug-likeness (QED) is 0.506. The number of halogens is 2. The van der Waals surface area contributed by atoms with E-state index in [0.29, 0.717) is 13.0 Å². The molecule has 6 heteroatoms. The standard InChI is InChI=1S/C6H9F2NO3/c7-6(8)12-11-5(10)4-2-1-3-9-4/h4,6,9H,1-3H2. The van der Waals surface area contributed by atoms with E-state index in [2.05, 4.69) is 15.1 Å². The molecule has 1 rings (SSSR count). The maximum absolute atomic E-state index is 11.4. The van der Waals surface area contributed by atoms with Gasteiger partial charge in [0.15, 0.2) is 0 Å². The third kappa shape index (κ3) is 2.71. The third-order valence-electron chi connectivity index (χ3n) is 1.55. The van der Waals surface area contributed by atoms with Crippen LogP contribution in [0.1, 0.15) is 12.8 Å². The van der Waals surface area contributed by atoms with Crippen LogP contribution in [0.2, 0.25) is 0 Å². The first kappa shape index (κ1) is 9.34. The SMILES string of the molecule is O=C(OOC(F)F)C1CCCN1. The van der Waals surface area contributed by atoms with Gasteiger partial charge in [-0.2, -0.15) is 8.78 Å². The summed E-state index contributed by atoms with van der Waals surface area (Å²) >= 11 is 0. The highest BCUT2D eigenvalue weighted by molar-refractivity contribution is 5.75. The van der Waals surface area contributed by atoms with Crippen LogP contribution in [0.4, 0.5) is 8.78 Å². The van der Waals surface area contributed by atoms with Crippen molar-refractivity contribution in [1.29, 1.82) is 0 Å². The minimum Gasteiger partial charge on any atom is -0.304 e. The van der Waals surface area contributed by atoms with Gasteiger partial charge >= 0.3 is 12.6 Å². The maximum atomic E-state index is 11.4. The zero-order valence-electron chi connectivity index (χ0n) is 6.26. The number of carbonyl (C=O) groups is 1. The molecule has 1 fully saturated rings. The van der Waals surface area contributed by atoms with Crippen molar-refractivity contribution in [2.75, 3.05) is 6.54 Å². The monoisotopic (exact) mass is 181 g/mol. The van der Waals surface area contributed by atoms with Crippen molar-refractivity contribution in [1.82, 2.24) is 5.32 Å². The van der Waals surface area contributed by atoms with Gasteiger partial charge in [-0.25, -0.2) is 4.79 Å². The Morgan fingerprint density at radius 2 is 2.33 bits per heavy atom. The molecule has 12 heavy (non-hydrogen) atoms. The molecule has 1 aliphatic heterocycles. The zero-order chi connectivity index (χ0) is 8.97. The third-order valence-corrected chi connectivity index (χ3v) is 1.55. The van der Waals surface area contributed by atoms with Gasteiger partial charge in [-0.05, 0) is 19.4 Å². The lowest BCUT2D eigenvalue weighted by Gasteiger charge is -2.07. The summed E-state index contributed by atoms with van der Waals surface area (Å²) in [4.78, 5) is 18.0. The fraction of sp³-hybridized carbons (Fsp3) is 0.833. The first-order valence-electron chi connectivity index (χ1n) is 3.59. The molecule has 0 saturated carbocycles. The maximum Gasteiger partial charge on any atom is 0.381 e. The van der Waals surface area contributed by atoms with E-state index < -0.39 is 18.6 Å². The van der Waals surface area contributed by atoms with Crippen molar-refractivity contribution in [3.05, 3.63) is 0 Å². The molecule has 0 amide bonds. The minimum atomic E-state index is -3.07. The molecule has 1 unspecified atom stereocenters. The molecule has 0 aliphatic carbocycles. The highest BCUT2D eigenvalue weighted by Crippen LogP contribution is 2.07. The van der Waals surface area contributed by atoms with Gasteiger partial charge in [0.1, 0.15) is 6.04 Å². The number of carbonyl (C=O) groups excluding carboxylic acids is 1. The molecule has 0 radical (unpaired) electrons. The van der Waals surface area contributed by atoms with Crippen molar-refractivity contribution < 1.29 is 23.4 Å². The van der Waals surface area contributed by atoms with E-state index in [1.807, 2.05) is 0 Å². The van der Waals surface area contributed by atoms with Gasteiger partial charge in [-0.1, -0.05) is 0 Å². The zero-order valence-corrected chi connectivity index (χ0v) is 6.26. The smallest absolute Gasteiger partial charge is 0.304 e. The Bertz CT molecular complexity index is 159. The summed E-state index contributed by atoms with van der Waals surface area (Å²) in [6.07, 6.45) is 1.44. The van der Waals surface area contributed by atoms with Crippen LogP contribution in [0.15, 0.2) is 0 Å². The van der Waals surface area contributed by atoms with Crippen molar-refractivity contribution in [3.8, 4) is 0 Å². The summed E-state index contributed by atoms with van der Waals surface area (Å²) in [6.45, 7) is -2.37. The highest BCUT2D eigenvalue weighted by atomic mass is 19.3. The Labute approximate surface area is 67.8 Å². The van der Waals surface area contributed by atoms with Crippen molar-refractivity contribution >= 4 is 5.97 Å². The average molecular weight is 181 g/mol. The molecule has 1 N–H and O–H groups in total. The van der Waals surface area contributed by atoms with Crippen LogP contribution in [0.25, 0.3) is 0 Å². The van der Waals surface area contributed by atoms with E-state index in [1.54, 1.807) is 0 Å². The van der Waals surface area contributed by atoms with Gasteiger partial charge in [-0.15, -0.1) is 4.89 Å². The van der Waals surface area contributed by atoms with Gasteiger partial charge in [-0.3, -0.25) is 4.89 Å². The first-order chi connectivity index (χ1) is 5.70. The summed E-state index contributed by atoms with van der Waals surface area (Å²) in [6, 6.07) is -0.497. The van der Waals surface area contributed by atoms with Crippen molar-refractivity contribution in [2.24, 2.45) is 0 Å². The van der Waals surface area contributed by atoms with Crippen LogP contribution in [0.5, 0.6) is 0 Å². The normalized spacial score (nSPS) is 23.1. The molecule has 1 saturated heterocycles.